The van der Waals surface area contributed by atoms with Crippen molar-refractivity contribution in [3.05, 3.63) is 41.4 Å². The van der Waals surface area contributed by atoms with E-state index in [2.05, 4.69) is 35.3 Å². The molecule has 23 heavy (non-hydrogen) atoms. The van der Waals surface area contributed by atoms with Gasteiger partial charge in [0.25, 0.3) is 0 Å². The highest BCUT2D eigenvalue weighted by molar-refractivity contribution is 7.18. The number of fused-ring (bicyclic) bond motifs is 1. The predicted octanol–water partition coefficient (Wildman–Crippen LogP) is 4.36. The van der Waals surface area contributed by atoms with Gasteiger partial charge in [0.05, 0.1) is 15.2 Å². The van der Waals surface area contributed by atoms with E-state index in [1.54, 1.807) is 0 Å². The number of amides is 1. The minimum absolute atomic E-state index is 0.337. The molecule has 2 aliphatic rings. The van der Waals surface area contributed by atoms with Gasteiger partial charge < -0.3 is 4.90 Å². The zero-order chi connectivity index (χ0) is 15.6. The Bertz CT molecular complexity index is 695. The molecule has 1 aliphatic heterocycles. The summed E-state index contributed by atoms with van der Waals surface area (Å²) in [6, 6.07) is 8.35. The molecular weight excluding hydrogens is 304 g/mol. The molecule has 0 spiro atoms. The van der Waals surface area contributed by atoms with Gasteiger partial charge in [0.2, 0.25) is 5.91 Å². The number of likely N-dealkylation sites (tertiary alicyclic amines) is 1. The lowest BCUT2D eigenvalue weighted by Gasteiger charge is -2.31. The summed E-state index contributed by atoms with van der Waals surface area (Å²) in [5.41, 5.74) is 1.11. The van der Waals surface area contributed by atoms with Gasteiger partial charge in [0.1, 0.15) is 0 Å². The molecule has 1 aliphatic carbocycles. The van der Waals surface area contributed by atoms with Crippen LogP contribution in [0.1, 0.15) is 43.0 Å². The van der Waals surface area contributed by atoms with Crippen molar-refractivity contribution in [2.75, 3.05) is 13.1 Å². The largest absolute Gasteiger partial charge is 0.343 e. The van der Waals surface area contributed by atoms with Crippen LogP contribution in [0.5, 0.6) is 0 Å². The molecule has 3 nitrogen and oxygen atoms in total. The number of nitrogens with zero attached hydrogens (tertiary/aromatic N) is 2. The van der Waals surface area contributed by atoms with E-state index in [1.165, 1.54) is 9.71 Å². The summed E-state index contributed by atoms with van der Waals surface area (Å²) in [6.07, 6.45) is 9.50. The third-order valence-electron chi connectivity index (χ3n) is 5.06. The fraction of sp³-hybridized carbons (Fsp3) is 0.474. The number of hydrogen-bond acceptors (Lipinski definition) is 3. The summed E-state index contributed by atoms with van der Waals surface area (Å²) >= 11 is 1.82. The van der Waals surface area contributed by atoms with Crippen molar-refractivity contribution >= 4 is 27.5 Å². The van der Waals surface area contributed by atoms with Crippen LogP contribution in [0.2, 0.25) is 0 Å². The Labute approximate surface area is 141 Å². The molecule has 2 heterocycles. The normalized spacial score (nSPS) is 22.1. The van der Waals surface area contributed by atoms with E-state index >= 15 is 0 Å². The first kappa shape index (κ1) is 14.9. The third-order valence-corrected chi connectivity index (χ3v) is 6.26. The zero-order valence-electron chi connectivity index (χ0n) is 13.3. The van der Waals surface area contributed by atoms with Crippen molar-refractivity contribution in [2.45, 2.75) is 38.0 Å². The highest BCUT2D eigenvalue weighted by Crippen LogP contribution is 2.34. The summed E-state index contributed by atoms with van der Waals surface area (Å²) < 4.78 is 1.27. The zero-order valence-corrected chi connectivity index (χ0v) is 14.1. The Morgan fingerprint density at radius 2 is 2.04 bits per heavy atom. The van der Waals surface area contributed by atoms with E-state index in [9.17, 15) is 4.79 Å². The summed E-state index contributed by atoms with van der Waals surface area (Å²) in [7, 11) is 0. The average molecular weight is 326 g/mol. The molecule has 0 radical (unpaired) electrons. The smallest absolute Gasteiger partial charge is 0.223 e. The van der Waals surface area contributed by atoms with Crippen LogP contribution in [-0.2, 0) is 4.79 Å². The molecule has 120 valence electrons. The maximum atomic E-state index is 12.4. The molecular formula is C19H22N2OS. The van der Waals surface area contributed by atoms with Gasteiger partial charge in [-0.25, -0.2) is 4.98 Å². The molecule has 1 amide bonds. The van der Waals surface area contributed by atoms with E-state index in [0.29, 0.717) is 24.2 Å². The van der Waals surface area contributed by atoms with E-state index in [-0.39, 0.29) is 0 Å². The first-order chi connectivity index (χ1) is 11.3. The van der Waals surface area contributed by atoms with Crippen LogP contribution in [0.4, 0.5) is 0 Å². The molecule has 1 aromatic heterocycles. The Morgan fingerprint density at radius 3 is 2.78 bits per heavy atom. The molecule has 1 fully saturated rings. The monoisotopic (exact) mass is 326 g/mol. The van der Waals surface area contributed by atoms with Crippen LogP contribution < -0.4 is 0 Å². The van der Waals surface area contributed by atoms with Gasteiger partial charge in [-0.05, 0) is 43.7 Å². The van der Waals surface area contributed by atoms with E-state index in [0.717, 1.165) is 44.3 Å². The summed E-state index contributed by atoms with van der Waals surface area (Å²) in [4.78, 5) is 19.3. The van der Waals surface area contributed by atoms with Crippen molar-refractivity contribution in [1.82, 2.24) is 9.88 Å². The standard InChI is InChI=1S/C19H22N2OS/c22-18(13-14-5-1-2-6-14)21-11-9-15(10-12-21)19-20-16-7-3-4-8-17(16)23-19/h1,3-5,7-8,14-15H,2,6,9-13H2/t14-/m1/s1. The molecule has 2 aromatic rings. The lowest BCUT2D eigenvalue weighted by Crippen LogP contribution is -2.38. The number of hydrogen-bond donors (Lipinski definition) is 0. The van der Waals surface area contributed by atoms with Gasteiger partial charge in [0, 0.05) is 25.4 Å². The number of piperidine rings is 1. The molecule has 0 bridgehead atoms. The van der Waals surface area contributed by atoms with Crippen LogP contribution in [0.15, 0.2) is 36.4 Å². The van der Waals surface area contributed by atoms with Gasteiger partial charge in [0.15, 0.2) is 0 Å². The number of carbonyl (C=O) groups excluding carboxylic acids is 1. The molecule has 4 rings (SSSR count). The van der Waals surface area contributed by atoms with Crippen molar-refractivity contribution in [2.24, 2.45) is 5.92 Å². The minimum Gasteiger partial charge on any atom is -0.343 e. The van der Waals surface area contributed by atoms with E-state index in [1.807, 2.05) is 17.4 Å². The molecule has 0 N–H and O–H groups in total. The fourth-order valence-electron chi connectivity index (χ4n) is 3.66. The van der Waals surface area contributed by atoms with Crippen LogP contribution in [0.3, 0.4) is 0 Å². The average Bonchev–Trinajstić information content (AvgIpc) is 3.24. The lowest BCUT2D eigenvalue weighted by atomic mass is 9.96. The topological polar surface area (TPSA) is 33.2 Å². The van der Waals surface area contributed by atoms with Crippen molar-refractivity contribution in [1.29, 1.82) is 0 Å². The van der Waals surface area contributed by atoms with Gasteiger partial charge in [-0.15, -0.1) is 11.3 Å². The van der Waals surface area contributed by atoms with Crippen LogP contribution >= 0.6 is 11.3 Å². The molecule has 4 heteroatoms. The second-order valence-electron chi connectivity index (χ2n) is 6.64. The number of para-hydroxylation sites is 1. The van der Waals surface area contributed by atoms with E-state index in [4.69, 9.17) is 4.98 Å². The second kappa shape index (κ2) is 6.44. The van der Waals surface area contributed by atoms with Crippen molar-refractivity contribution in [3.8, 4) is 0 Å². The quantitative estimate of drug-likeness (QED) is 0.785. The molecule has 0 unspecified atom stereocenters. The van der Waals surface area contributed by atoms with Crippen molar-refractivity contribution < 1.29 is 4.79 Å². The fourth-order valence-corrected chi connectivity index (χ4v) is 4.80. The maximum Gasteiger partial charge on any atom is 0.223 e. The SMILES string of the molecule is O=C(C[C@@H]1C=CCC1)N1CCC(c2nc3ccccc3s2)CC1. The number of allylic oxidation sites excluding steroid dienone is 2. The molecule has 1 atom stereocenters. The summed E-state index contributed by atoms with van der Waals surface area (Å²) in [5.74, 6) is 1.33. The van der Waals surface area contributed by atoms with Crippen LogP contribution in [0.25, 0.3) is 10.2 Å². The summed E-state index contributed by atoms with van der Waals surface area (Å²) in [5, 5.41) is 1.25. The highest BCUT2D eigenvalue weighted by atomic mass is 32.1. The van der Waals surface area contributed by atoms with Crippen LogP contribution in [-0.4, -0.2) is 28.9 Å². The summed E-state index contributed by atoms with van der Waals surface area (Å²) in [6.45, 7) is 1.77. The highest BCUT2D eigenvalue weighted by Gasteiger charge is 2.27. The Morgan fingerprint density at radius 1 is 1.22 bits per heavy atom. The third kappa shape index (κ3) is 3.18. The van der Waals surface area contributed by atoms with Gasteiger partial charge >= 0.3 is 0 Å². The number of aromatic nitrogens is 1. The minimum atomic E-state index is 0.337. The first-order valence-electron chi connectivity index (χ1n) is 8.59. The predicted molar refractivity (Wildman–Crippen MR) is 94.7 cm³/mol. The molecule has 0 saturated carbocycles. The number of rotatable bonds is 3. The molecule has 1 aromatic carbocycles. The van der Waals surface area contributed by atoms with Gasteiger partial charge in [-0.2, -0.15) is 0 Å². The van der Waals surface area contributed by atoms with Gasteiger partial charge in [-0.3, -0.25) is 4.79 Å². The maximum absolute atomic E-state index is 12.4. The number of thiazole rings is 1. The number of benzene rings is 1. The van der Waals surface area contributed by atoms with Gasteiger partial charge in [-0.1, -0.05) is 24.3 Å². The van der Waals surface area contributed by atoms with Crippen LogP contribution in [0, 0.1) is 5.92 Å². The van der Waals surface area contributed by atoms with Crippen molar-refractivity contribution in [3.63, 3.8) is 0 Å². The molecule has 1 saturated heterocycles. The Kier molecular flexibility index (Phi) is 4.17. The lowest BCUT2D eigenvalue weighted by molar-refractivity contribution is -0.132. The number of carbonyl (C=O) groups is 1. The Hall–Kier alpha value is -1.68. The first-order valence-corrected chi connectivity index (χ1v) is 9.41. The Balaban J connectivity index is 1.36. The second-order valence-corrected chi connectivity index (χ2v) is 7.71. The van der Waals surface area contributed by atoms with E-state index < -0.39 is 0 Å².